The predicted octanol–water partition coefficient (Wildman–Crippen LogP) is 3.65. The molecule has 28 heavy (non-hydrogen) atoms. The van der Waals surface area contributed by atoms with Gasteiger partial charge in [-0.1, -0.05) is 24.3 Å². The van der Waals surface area contributed by atoms with Crippen LogP contribution >= 0.6 is 0 Å². The van der Waals surface area contributed by atoms with Gasteiger partial charge in [0.1, 0.15) is 5.75 Å². The van der Waals surface area contributed by atoms with Crippen LogP contribution in [0.15, 0.2) is 48.5 Å². The van der Waals surface area contributed by atoms with Crippen molar-refractivity contribution < 1.29 is 17.9 Å². The van der Waals surface area contributed by atoms with E-state index in [0.717, 1.165) is 12.8 Å². The quantitative estimate of drug-likeness (QED) is 0.767. The van der Waals surface area contributed by atoms with Gasteiger partial charge in [-0.15, -0.1) is 0 Å². The zero-order valence-corrected chi connectivity index (χ0v) is 17.0. The van der Waals surface area contributed by atoms with Gasteiger partial charge in [0, 0.05) is 18.7 Å². The molecule has 1 saturated heterocycles. The summed E-state index contributed by atoms with van der Waals surface area (Å²) in [6, 6.07) is 14.0. The van der Waals surface area contributed by atoms with Crippen molar-refractivity contribution in [2.24, 2.45) is 0 Å². The highest BCUT2D eigenvalue weighted by Crippen LogP contribution is 2.25. The van der Waals surface area contributed by atoms with Crippen LogP contribution < -0.4 is 10.1 Å². The second kappa shape index (κ2) is 8.75. The minimum atomic E-state index is -3.30. The Hall–Kier alpha value is -2.38. The third-order valence-corrected chi connectivity index (χ3v) is 6.37. The highest BCUT2D eigenvalue weighted by molar-refractivity contribution is 7.88. The predicted molar refractivity (Wildman–Crippen MR) is 110 cm³/mol. The summed E-state index contributed by atoms with van der Waals surface area (Å²) in [7, 11) is -3.30. The molecule has 1 fully saturated rings. The molecule has 0 bridgehead atoms. The molecule has 0 saturated carbocycles. The number of nitrogens with zero attached hydrogens (tertiary/aromatic N) is 1. The van der Waals surface area contributed by atoms with E-state index in [9.17, 15) is 13.2 Å². The van der Waals surface area contributed by atoms with E-state index >= 15 is 0 Å². The number of carbonyl (C=O) groups excluding carboxylic acids is 1. The highest BCUT2D eigenvalue weighted by Gasteiger charge is 2.25. The van der Waals surface area contributed by atoms with Crippen LogP contribution in [0.2, 0.25) is 0 Å². The zero-order valence-electron chi connectivity index (χ0n) is 16.2. The van der Waals surface area contributed by atoms with Gasteiger partial charge in [-0.2, -0.15) is 0 Å². The number of para-hydroxylation sites is 2. The monoisotopic (exact) mass is 402 g/mol. The summed E-state index contributed by atoms with van der Waals surface area (Å²) < 4.78 is 32.1. The van der Waals surface area contributed by atoms with Crippen LogP contribution in [0.1, 0.15) is 42.6 Å². The maximum absolute atomic E-state index is 12.6. The summed E-state index contributed by atoms with van der Waals surface area (Å²) >= 11 is 0. The molecule has 6 nitrogen and oxygen atoms in total. The molecule has 1 amide bonds. The first-order chi connectivity index (χ1) is 13.3. The maximum atomic E-state index is 12.6. The van der Waals surface area contributed by atoms with Crippen molar-refractivity contribution in [1.82, 2.24) is 4.31 Å². The third kappa shape index (κ3) is 5.11. The Morgan fingerprint density at radius 2 is 1.71 bits per heavy atom. The second-order valence-electron chi connectivity index (χ2n) is 7.18. The molecule has 0 radical (unpaired) electrons. The van der Waals surface area contributed by atoms with E-state index in [4.69, 9.17) is 4.74 Å². The third-order valence-electron chi connectivity index (χ3n) is 4.52. The fourth-order valence-electron chi connectivity index (χ4n) is 3.14. The van der Waals surface area contributed by atoms with Gasteiger partial charge in [0.05, 0.1) is 17.5 Å². The van der Waals surface area contributed by atoms with Crippen LogP contribution in [0.5, 0.6) is 5.75 Å². The lowest BCUT2D eigenvalue weighted by Gasteiger charge is -2.16. The molecule has 0 aromatic heterocycles. The molecular formula is C21H26N2O4S. The summed E-state index contributed by atoms with van der Waals surface area (Å²) in [5, 5.41) is 2.85. The van der Waals surface area contributed by atoms with Crippen molar-refractivity contribution in [3.05, 3.63) is 59.7 Å². The van der Waals surface area contributed by atoms with Crippen LogP contribution in [-0.2, 0) is 15.8 Å². The molecule has 2 aromatic rings. The van der Waals surface area contributed by atoms with E-state index in [1.807, 2.05) is 32.0 Å². The lowest BCUT2D eigenvalue weighted by Crippen LogP contribution is -2.29. The Labute approximate surface area is 166 Å². The van der Waals surface area contributed by atoms with Crippen molar-refractivity contribution in [2.45, 2.75) is 38.5 Å². The number of anilines is 1. The zero-order chi connectivity index (χ0) is 20.1. The van der Waals surface area contributed by atoms with E-state index in [1.165, 1.54) is 0 Å². The molecule has 7 heteroatoms. The molecule has 1 heterocycles. The Morgan fingerprint density at radius 3 is 2.36 bits per heavy atom. The summed E-state index contributed by atoms with van der Waals surface area (Å²) in [4.78, 5) is 12.6. The first-order valence-corrected chi connectivity index (χ1v) is 11.1. The number of carbonyl (C=O) groups is 1. The molecule has 1 aliphatic heterocycles. The average Bonchev–Trinajstić information content (AvgIpc) is 3.19. The van der Waals surface area contributed by atoms with Gasteiger partial charge >= 0.3 is 0 Å². The van der Waals surface area contributed by atoms with Gasteiger partial charge in [-0.3, -0.25) is 4.79 Å². The Morgan fingerprint density at radius 1 is 1.07 bits per heavy atom. The Kier molecular flexibility index (Phi) is 6.36. The van der Waals surface area contributed by atoms with Crippen molar-refractivity contribution in [1.29, 1.82) is 0 Å². The largest absolute Gasteiger partial charge is 0.489 e. The van der Waals surface area contributed by atoms with Crippen molar-refractivity contribution in [2.75, 3.05) is 18.4 Å². The van der Waals surface area contributed by atoms with Gasteiger partial charge in [-0.25, -0.2) is 12.7 Å². The Bertz CT molecular complexity index is 918. The molecular weight excluding hydrogens is 376 g/mol. The number of sulfonamides is 1. The van der Waals surface area contributed by atoms with E-state index in [-0.39, 0.29) is 17.8 Å². The van der Waals surface area contributed by atoms with Crippen LogP contribution in [0, 0.1) is 0 Å². The SMILES string of the molecule is CC(C)Oc1ccccc1NC(=O)c1ccc(CS(=O)(=O)N2CCCC2)cc1. The summed E-state index contributed by atoms with van der Waals surface area (Å²) in [5.41, 5.74) is 1.73. The molecule has 0 aliphatic carbocycles. The molecule has 150 valence electrons. The fourth-order valence-corrected chi connectivity index (χ4v) is 4.75. The number of hydrogen-bond donors (Lipinski definition) is 1. The van der Waals surface area contributed by atoms with Gasteiger partial charge in [0.25, 0.3) is 5.91 Å². The highest BCUT2D eigenvalue weighted by atomic mass is 32.2. The molecule has 0 atom stereocenters. The van der Waals surface area contributed by atoms with E-state index < -0.39 is 10.0 Å². The number of ether oxygens (including phenoxy) is 1. The topological polar surface area (TPSA) is 75.7 Å². The second-order valence-corrected chi connectivity index (χ2v) is 9.15. The van der Waals surface area contributed by atoms with Gasteiger partial charge in [0.15, 0.2) is 0 Å². The van der Waals surface area contributed by atoms with E-state index in [1.54, 1.807) is 34.6 Å². The van der Waals surface area contributed by atoms with Crippen molar-refractivity contribution >= 4 is 21.6 Å². The van der Waals surface area contributed by atoms with Crippen LogP contribution in [-0.4, -0.2) is 37.8 Å². The van der Waals surface area contributed by atoms with E-state index in [2.05, 4.69) is 5.32 Å². The number of rotatable bonds is 7. The summed E-state index contributed by atoms with van der Waals surface area (Å²) in [6.07, 6.45) is 1.83. The molecule has 2 aromatic carbocycles. The fraction of sp³-hybridized carbons (Fsp3) is 0.381. The molecule has 3 rings (SSSR count). The molecule has 1 N–H and O–H groups in total. The first-order valence-electron chi connectivity index (χ1n) is 9.49. The van der Waals surface area contributed by atoms with Crippen molar-refractivity contribution in [3.8, 4) is 5.75 Å². The maximum Gasteiger partial charge on any atom is 0.255 e. The summed E-state index contributed by atoms with van der Waals surface area (Å²) in [5.74, 6) is 0.299. The minimum absolute atomic E-state index is 0.00473. The van der Waals surface area contributed by atoms with E-state index in [0.29, 0.717) is 35.7 Å². The molecule has 0 spiro atoms. The Balaban J connectivity index is 1.67. The number of nitrogens with one attached hydrogen (secondary N) is 1. The smallest absolute Gasteiger partial charge is 0.255 e. The van der Waals surface area contributed by atoms with Crippen LogP contribution in [0.4, 0.5) is 5.69 Å². The standard InChI is InChI=1S/C21H26N2O4S/c1-16(2)27-20-8-4-3-7-19(20)22-21(24)18-11-9-17(10-12-18)15-28(25,26)23-13-5-6-14-23/h3-4,7-12,16H,5-6,13-15H2,1-2H3,(H,22,24). The normalized spacial score (nSPS) is 15.0. The summed E-state index contributed by atoms with van der Waals surface area (Å²) in [6.45, 7) is 5.04. The average molecular weight is 403 g/mol. The lowest BCUT2D eigenvalue weighted by atomic mass is 10.1. The van der Waals surface area contributed by atoms with Gasteiger partial charge in [0.2, 0.25) is 10.0 Å². The first kappa shape index (κ1) is 20.4. The number of benzene rings is 2. The molecule has 0 unspecified atom stereocenters. The van der Waals surface area contributed by atoms with Crippen molar-refractivity contribution in [3.63, 3.8) is 0 Å². The molecule has 1 aliphatic rings. The minimum Gasteiger partial charge on any atom is -0.489 e. The lowest BCUT2D eigenvalue weighted by molar-refractivity contribution is 0.102. The number of amides is 1. The van der Waals surface area contributed by atoms with Gasteiger partial charge < -0.3 is 10.1 Å². The van der Waals surface area contributed by atoms with Gasteiger partial charge in [-0.05, 0) is 56.5 Å². The number of hydrogen-bond acceptors (Lipinski definition) is 4. The van der Waals surface area contributed by atoms with Crippen LogP contribution in [0.25, 0.3) is 0 Å². The van der Waals surface area contributed by atoms with Crippen LogP contribution in [0.3, 0.4) is 0 Å².